The van der Waals surface area contributed by atoms with Crippen LogP contribution >= 0.6 is 0 Å². The zero-order valence-electron chi connectivity index (χ0n) is 14.1. The molecule has 6 nitrogen and oxygen atoms in total. The van der Waals surface area contributed by atoms with Crippen molar-refractivity contribution in [3.05, 3.63) is 54.4 Å². The van der Waals surface area contributed by atoms with Gasteiger partial charge in [0.25, 0.3) is 0 Å². The zero-order valence-corrected chi connectivity index (χ0v) is 14.1. The van der Waals surface area contributed by atoms with Gasteiger partial charge in [0, 0.05) is 49.5 Å². The molecule has 0 unspecified atom stereocenters. The molecule has 0 radical (unpaired) electrons. The second-order valence-electron chi connectivity index (χ2n) is 6.23. The number of aromatic nitrogens is 1. The summed E-state index contributed by atoms with van der Waals surface area (Å²) in [5, 5.41) is 2.98. The van der Waals surface area contributed by atoms with E-state index in [1.54, 1.807) is 12.4 Å². The minimum atomic E-state index is -0.551. The van der Waals surface area contributed by atoms with E-state index in [1.165, 1.54) is 0 Å². The number of benzene rings is 1. The molecule has 2 heterocycles. The van der Waals surface area contributed by atoms with Gasteiger partial charge >= 0.3 is 0 Å². The molecule has 6 heteroatoms. The fourth-order valence-corrected chi connectivity index (χ4v) is 2.86. The topological polar surface area (TPSA) is 86.5 Å². The SMILES string of the molecule is NCC1(C(=O)Nc2cccc(OCc3cccnc3)c2)CCOCC1. The molecular weight excluding hydrogens is 318 g/mol. The van der Waals surface area contributed by atoms with E-state index in [9.17, 15) is 4.79 Å². The van der Waals surface area contributed by atoms with Crippen molar-refractivity contribution >= 4 is 11.6 Å². The molecule has 0 saturated carbocycles. The van der Waals surface area contributed by atoms with E-state index in [4.69, 9.17) is 15.2 Å². The van der Waals surface area contributed by atoms with Crippen molar-refractivity contribution in [3.63, 3.8) is 0 Å². The van der Waals surface area contributed by atoms with Crippen molar-refractivity contribution in [1.29, 1.82) is 0 Å². The minimum absolute atomic E-state index is 0.0530. The highest BCUT2D eigenvalue weighted by atomic mass is 16.5. The summed E-state index contributed by atoms with van der Waals surface area (Å²) >= 11 is 0. The second-order valence-corrected chi connectivity index (χ2v) is 6.23. The van der Waals surface area contributed by atoms with Crippen LogP contribution in [0.2, 0.25) is 0 Å². The van der Waals surface area contributed by atoms with Gasteiger partial charge in [-0.2, -0.15) is 0 Å². The molecule has 132 valence electrons. The Balaban J connectivity index is 1.64. The number of hydrogen-bond acceptors (Lipinski definition) is 5. The third-order valence-electron chi connectivity index (χ3n) is 4.54. The number of nitrogens with one attached hydrogen (secondary N) is 1. The quantitative estimate of drug-likeness (QED) is 0.842. The molecule has 1 aliphatic heterocycles. The Morgan fingerprint density at radius 2 is 2.12 bits per heavy atom. The zero-order chi connectivity index (χ0) is 17.5. The molecule has 0 atom stereocenters. The maximum atomic E-state index is 12.7. The number of ether oxygens (including phenoxy) is 2. The van der Waals surface area contributed by atoms with Gasteiger partial charge in [0.1, 0.15) is 12.4 Å². The van der Waals surface area contributed by atoms with Gasteiger partial charge in [-0.1, -0.05) is 12.1 Å². The third-order valence-corrected chi connectivity index (χ3v) is 4.54. The lowest BCUT2D eigenvalue weighted by Gasteiger charge is -2.34. The van der Waals surface area contributed by atoms with Crippen molar-refractivity contribution < 1.29 is 14.3 Å². The molecule has 25 heavy (non-hydrogen) atoms. The van der Waals surface area contributed by atoms with Gasteiger partial charge in [0.05, 0.1) is 5.41 Å². The van der Waals surface area contributed by atoms with Crippen LogP contribution in [0.3, 0.4) is 0 Å². The summed E-state index contributed by atoms with van der Waals surface area (Å²) in [5.41, 5.74) is 7.03. The smallest absolute Gasteiger partial charge is 0.232 e. The predicted octanol–water partition coefficient (Wildman–Crippen LogP) is 2.35. The Morgan fingerprint density at radius 3 is 2.84 bits per heavy atom. The molecule has 3 rings (SSSR count). The molecule has 1 aliphatic rings. The highest BCUT2D eigenvalue weighted by Crippen LogP contribution is 2.31. The van der Waals surface area contributed by atoms with Gasteiger partial charge in [0.15, 0.2) is 0 Å². The lowest BCUT2D eigenvalue weighted by atomic mass is 9.79. The van der Waals surface area contributed by atoms with Gasteiger partial charge in [-0.15, -0.1) is 0 Å². The van der Waals surface area contributed by atoms with Crippen molar-refractivity contribution in [2.75, 3.05) is 25.1 Å². The number of carbonyl (C=O) groups excluding carboxylic acids is 1. The number of amides is 1. The Kier molecular flexibility index (Phi) is 5.63. The van der Waals surface area contributed by atoms with E-state index < -0.39 is 5.41 Å². The number of carbonyl (C=O) groups is 1. The molecule has 1 aromatic carbocycles. The monoisotopic (exact) mass is 341 g/mol. The molecular formula is C19H23N3O3. The van der Waals surface area contributed by atoms with Crippen LogP contribution in [0.15, 0.2) is 48.8 Å². The number of anilines is 1. The molecule has 1 aromatic heterocycles. The standard InChI is InChI=1S/C19H23N3O3/c20-14-19(6-9-24-10-7-19)18(23)22-16-4-1-5-17(11-16)25-13-15-3-2-8-21-12-15/h1-5,8,11-12H,6-7,9-10,13-14,20H2,(H,22,23). The van der Waals surface area contributed by atoms with Gasteiger partial charge < -0.3 is 20.5 Å². The molecule has 3 N–H and O–H groups in total. The molecule has 1 saturated heterocycles. The molecule has 0 aliphatic carbocycles. The highest BCUT2D eigenvalue weighted by Gasteiger charge is 2.38. The van der Waals surface area contributed by atoms with E-state index in [0.29, 0.717) is 50.6 Å². The van der Waals surface area contributed by atoms with E-state index in [1.807, 2.05) is 36.4 Å². The van der Waals surface area contributed by atoms with Crippen molar-refractivity contribution in [2.24, 2.45) is 11.1 Å². The van der Waals surface area contributed by atoms with Crippen LogP contribution in [0.1, 0.15) is 18.4 Å². The summed E-state index contributed by atoms with van der Waals surface area (Å²) in [6.45, 7) is 1.88. The van der Waals surface area contributed by atoms with Crippen molar-refractivity contribution in [1.82, 2.24) is 4.98 Å². The minimum Gasteiger partial charge on any atom is -0.489 e. The van der Waals surface area contributed by atoms with E-state index in [-0.39, 0.29) is 5.91 Å². The van der Waals surface area contributed by atoms with Crippen LogP contribution < -0.4 is 15.8 Å². The van der Waals surface area contributed by atoms with Crippen molar-refractivity contribution in [3.8, 4) is 5.75 Å². The van der Waals surface area contributed by atoms with Crippen LogP contribution in [-0.2, 0) is 16.1 Å². The predicted molar refractivity (Wildman–Crippen MR) is 95.2 cm³/mol. The summed E-state index contributed by atoms with van der Waals surface area (Å²) in [5.74, 6) is 0.637. The summed E-state index contributed by atoms with van der Waals surface area (Å²) in [6.07, 6.45) is 4.78. The normalized spacial score (nSPS) is 16.2. The van der Waals surface area contributed by atoms with Gasteiger partial charge in [-0.3, -0.25) is 9.78 Å². The van der Waals surface area contributed by atoms with E-state index >= 15 is 0 Å². The average Bonchev–Trinajstić information content (AvgIpc) is 2.68. The van der Waals surface area contributed by atoms with Crippen LogP contribution in [0.4, 0.5) is 5.69 Å². The Labute approximate surface area is 147 Å². The van der Waals surface area contributed by atoms with Gasteiger partial charge in [-0.25, -0.2) is 0 Å². The van der Waals surface area contributed by atoms with E-state index in [0.717, 1.165) is 5.56 Å². The van der Waals surface area contributed by atoms with Gasteiger partial charge in [-0.05, 0) is 31.0 Å². The molecule has 1 fully saturated rings. The first-order valence-electron chi connectivity index (χ1n) is 8.43. The first kappa shape index (κ1) is 17.4. The molecule has 1 amide bonds. The first-order valence-corrected chi connectivity index (χ1v) is 8.43. The average molecular weight is 341 g/mol. The summed E-state index contributed by atoms with van der Waals surface area (Å²) < 4.78 is 11.1. The third kappa shape index (κ3) is 4.35. The maximum Gasteiger partial charge on any atom is 0.232 e. The van der Waals surface area contributed by atoms with Crippen molar-refractivity contribution in [2.45, 2.75) is 19.4 Å². The van der Waals surface area contributed by atoms with Crippen LogP contribution in [0, 0.1) is 5.41 Å². The number of pyridine rings is 1. The maximum absolute atomic E-state index is 12.7. The van der Waals surface area contributed by atoms with Crippen LogP contribution in [-0.4, -0.2) is 30.6 Å². The molecule has 0 bridgehead atoms. The number of nitrogens with zero attached hydrogens (tertiary/aromatic N) is 1. The van der Waals surface area contributed by atoms with E-state index in [2.05, 4.69) is 10.3 Å². The summed E-state index contributed by atoms with van der Waals surface area (Å²) in [7, 11) is 0. The fraction of sp³-hybridized carbons (Fsp3) is 0.368. The lowest BCUT2D eigenvalue weighted by Crippen LogP contribution is -2.46. The fourth-order valence-electron chi connectivity index (χ4n) is 2.86. The first-order chi connectivity index (χ1) is 12.2. The number of rotatable bonds is 6. The highest BCUT2D eigenvalue weighted by molar-refractivity contribution is 5.95. The Morgan fingerprint density at radius 1 is 1.28 bits per heavy atom. The summed E-state index contributed by atoms with van der Waals surface area (Å²) in [4.78, 5) is 16.8. The summed E-state index contributed by atoms with van der Waals surface area (Å²) in [6, 6.07) is 11.2. The second kappa shape index (κ2) is 8.09. The Hall–Kier alpha value is -2.44. The number of nitrogens with two attached hydrogens (primary N) is 1. The largest absolute Gasteiger partial charge is 0.489 e. The van der Waals surface area contributed by atoms with Crippen LogP contribution in [0.5, 0.6) is 5.75 Å². The van der Waals surface area contributed by atoms with Crippen LogP contribution in [0.25, 0.3) is 0 Å². The molecule has 2 aromatic rings. The van der Waals surface area contributed by atoms with Gasteiger partial charge in [0.2, 0.25) is 5.91 Å². The molecule has 0 spiro atoms. The number of hydrogen-bond donors (Lipinski definition) is 2. The Bertz CT molecular complexity index is 700. The lowest BCUT2D eigenvalue weighted by molar-refractivity contribution is -0.130.